The Kier molecular flexibility index (Phi) is 4.28. The molecular formula is C17H17F3N4. The van der Waals surface area contributed by atoms with Crippen LogP contribution in [0, 0.1) is 0 Å². The van der Waals surface area contributed by atoms with Crippen molar-refractivity contribution in [2.45, 2.75) is 25.4 Å². The Balaban J connectivity index is 2.20. The lowest BCUT2D eigenvalue weighted by molar-refractivity contribution is -0.139. The van der Waals surface area contributed by atoms with Crippen molar-refractivity contribution < 1.29 is 13.2 Å². The molecule has 0 aliphatic carbocycles. The zero-order valence-corrected chi connectivity index (χ0v) is 13.1. The fourth-order valence-electron chi connectivity index (χ4n) is 2.90. The fraction of sp³-hybridized carbons (Fsp3) is 0.294. The number of hydrogen-bond acceptors (Lipinski definition) is 3. The number of nitrogens with two attached hydrogens (primary N) is 1. The van der Waals surface area contributed by atoms with Crippen molar-refractivity contribution >= 4 is 11.0 Å². The van der Waals surface area contributed by atoms with E-state index in [-0.39, 0.29) is 17.0 Å². The Labute approximate surface area is 136 Å². The second kappa shape index (κ2) is 6.24. The quantitative estimate of drug-likeness (QED) is 0.755. The van der Waals surface area contributed by atoms with E-state index in [9.17, 15) is 13.2 Å². The summed E-state index contributed by atoms with van der Waals surface area (Å²) in [4.78, 5) is 3.95. The number of rotatable bonds is 4. The predicted octanol–water partition coefficient (Wildman–Crippen LogP) is 4.10. The molecule has 3 N–H and O–H groups in total. The Morgan fingerprint density at radius 1 is 1.25 bits per heavy atom. The first-order chi connectivity index (χ1) is 11.5. The van der Waals surface area contributed by atoms with E-state index in [2.05, 4.69) is 15.2 Å². The molecule has 4 nitrogen and oxygen atoms in total. The van der Waals surface area contributed by atoms with Gasteiger partial charge in [0.25, 0.3) is 0 Å². The van der Waals surface area contributed by atoms with Crippen molar-refractivity contribution in [3.63, 3.8) is 0 Å². The highest BCUT2D eigenvalue weighted by Gasteiger charge is 2.37. The Bertz CT molecular complexity index is 850. The molecule has 0 aliphatic heterocycles. The standard InChI is InChI=1S/C17H17F3N4/c1-2-10(9-21)11-4-3-5-12(8-11)13-6-7-22-16-14(13)15(23-24-16)17(18,19)20/h3-8,10H,2,9,21H2,1H3,(H,22,23,24). The molecule has 7 heteroatoms. The highest BCUT2D eigenvalue weighted by molar-refractivity contribution is 5.94. The predicted molar refractivity (Wildman–Crippen MR) is 86.4 cm³/mol. The molecule has 0 spiro atoms. The van der Waals surface area contributed by atoms with Crippen LogP contribution >= 0.6 is 0 Å². The lowest BCUT2D eigenvalue weighted by atomic mass is 9.92. The number of alkyl halides is 3. The van der Waals surface area contributed by atoms with Gasteiger partial charge in [0, 0.05) is 6.20 Å². The number of H-pyrrole nitrogens is 1. The Morgan fingerprint density at radius 3 is 2.71 bits per heavy atom. The molecule has 0 radical (unpaired) electrons. The summed E-state index contributed by atoms with van der Waals surface area (Å²) in [6, 6.07) is 9.04. The highest BCUT2D eigenvalue weighted by atomic mass is 19.4. The van der Waals surface area contributed by atoms with Gasteiger partial charge < -0.3 is 5.73 Å². The van der Waals surface area contributed by atoms with Crippen LogP contribution in [0.25, 0.3) is 22.2 Å². The van der Waals surface area contributed by atoms with Gasteiger partial charge in [-0.05, 0) is 41.6 Å². The van der Waals surface area contributed by atoms with Crippen molar-refractivity contribution in [1.29, 1.82) is 0 Å². The van der Waals surface area contributed by atoms with Gasteiger partial charge in [0.15, 0.2) is 11.3 Å². The molecule has 1 atom stereocenters. The average molecular weight is 334 g/mol. The van der Waals surface area contributed by atoms with E-state index in [0.29, 0.717) is 17.7 Å². The molecule has 0 aliphatic rings. The van der Waals surface area contributed by atoms with Crippen LogP contribution in [0.15, 0.2) is 36.5 Å². The van der Waals surface area contributed by atoms with Gasteiger partial charge in [-0.3, -0.25) is 5.10 Å². The second-order valence-corrected chi connectivity index (χ2v) is 5.62. The number of fused-ring (bicyclic) bond motifs is 1. The van der Waals surface area contributed by atoms with Crippen LogP contribution < -0.4 is 5.73 Å². The maximum Gasteiger partial charge on any atom is 0.435 e. The van der Waals surface area contributed by atoms with Crippen LogP contribution in [0.2, 0.25) is 0 Å². The molecule has 126 valence electrons. The summed E-state index contributed by atoms with van der Waals surface area (Å²) >= 11 is 0. The van der Waals surface area contributed by atoms with E-state index >= 15 is 0 Å². The second-order valence-electron chi connectivity index (χ2n) is 5.62. The molecule has 0 saturated heterocycles. The molecule has 1 aromatic carbocycles. The lowest BCUT2D eigenvalue weighted by Gasteiger charge is -2.14. The van der Waals surface area contributed by atoms with Crippen molar-refractivity contribution in [2.75, 3.05) is 6.54 Å². The molecule has 2 aromatic heterocycles. The Morgan fingerprint density at radius 2 is 2.04 bits per heavy atom. The number of benzene rings is 1. The summed E-state index contributed by atoms with van der Waals surface area (Å²) in [6.07, 6.45) is -2.20. The minimum Gasteiger partial charge on any atom is -0.330 e. The van der Waals surface area contributed by atoms with E-state index < -0.39 is 11.9 Å². The number of nitrogens with zero attached hydrogens (tertiary/aromatic N) is 2. The fourth-order valence-corrected chi connectivity index (χ4v) is 2.90. The average Bonchev–Trinajstić information content (AvgIpc) is 3.00. The first kappa shape index (κ1) is 16.4. The van der Waals surface area contributed by atoms with Crippen molar-refractivity contribution in [3.05, 3.63) is 47.8 Å². The minimum absolute atomic E-state index is 0.0112. The van der Waals surface area contributed by atoms with Gasteiger partial charge in [-0.1, -0.05) is 31.2 Å². The van der Waals surface area contributed by atoms with E-state index in [0.717, 1.165) is 12.0 Å². The van der Waals surface area contributed by atoms with Crippen LogP contribution in [0.1, 0.15) is 30.5 Å². The first-order valence-electron chi connectivity index (χ1n) is 7.66. The van der Waals surface area contributed by atoms with Crippen LogP contribution in [0.5, 0.6) is 0 Å². The van der Waals surface area contributed by atoms with Gasteiger partial charge >= 0.3 is 6.18 Å². The summed E-state index contributed by atoms with van der Waals surface area (Å²) in [5.74, 6) is 0.175. The van der Waals surface area contributed by atoms with E-state index in [4.69, 9.17) is 5.73 Å². The number of nitrogens with one attached hydrogen (secondary N) is 1. The molecule has 2 heterocycles. The van der Waals surface area contributed by atoms with Gasteiger partial charge in [-0.2, -0.15) is 18.3 Å². The SMILES string of the molecule is CCC(CN)c1cccc(-c2ccnc3[nH]nc(C(F)(F)F)c23)c1. The number of pyridine rings is 1. The summed E-state index contributed by atoms with van der Waals surface area (Å²) in [5.41, 5.74) is 7.12. The molecule has 0 bridgehead atoms. The molecular weight excluding hydrogens is 317 g/mol. The molecule has 0 amide bonds. The van der Waals surface area contributed by atoms with Crippen LogP contribution in [-0.2, 0) is 6.18 Å². The third-order valence-electron chi connectivity index (χ3n) is 4.18. The number of aromatic nitrogens is 3. The number of hydrogen-bond donors (Lipinski definition) is 2. The Hall–Kier alpha value is -2.41. The topological polar surface area (TPSA) is 67.6 Å². The third kappa shape index (κ3) is 2.87. The van der Waals surface area contributed by atoms with Gasteiger partial charge in [-0.15, -0.1) is 0 Å². The summed E-state index contributed by atoms with van der Waals surface area (Å²) in [7, 11) is 0. The molecule has 3 rings (SSSR count). The summed E-state index contributed by atoms with van der Waals surface area (Å²) in [6.45, 7) is 2.53. The lowest BCUT2D eigenvalue weighted by Crippen LogP contribution is -2.11. The summed E-state index contributed by atoms with van der Waals surface area (Å²) < 4.78 is 39.7. The normalized spacial score (nSPS) is 13.4. The smallest absolute Gasteiger partial charge is 0.330 e. The molecule has 0 fully saturated rings. The van der Waals surface area contributed by atoms with Crippen molar-refractivity contribution in [1.82, 2.24) is 15.2 Å². The van der Waals surface area contributed by atoms with E-state index in [1.807, 2.05) is 25.1 Å². The van der Waals surface area contributed by atoms with Crippen LogP contribution in [0.3, 0.4) is 0 Å². The van der Waals surface area contributed by atoms with E-state index in [1.165, 1.54) is 6.20 Å². The first-order valence-corrected chi connectivity index (χ1v) is 7.66. The highest BCUT2D eigenvalue weighted by Crippen LogP contribution is 2.38. The molecule has 0 saturated carbocycles. The van der Waals surface area contributed by atoms with Gasteiger partial charge in [0.2, 0.25) is 0 Å². The van der Waals surface area contributed by atoms with Crippen molar-refractivity contribution in [3.8, 4) is 11.1 Å². The maximum atomic E-state index is 13.2. The number of halogens is 3. The number of aromatic amines is 1. The minimum atomic E-state index is -4.54. The van der Waals surface area contributed by atoms with Gasteiger partial charge in [0.05, 0.1) is 5.39 Å². The van der Waals surface area contributed by atoms with Crippen LogP contribution in [-0.4, -0.2) is 21.7 Å². The zero-order valence-electron chi connectivity index (χ0n) is 13.1. The molecule has 1 unspecified atom stereocenters. The monoisotopic (exact) mass is 334 g/mol. The van der Waals surface area contributed by atoms with Crippen molar-refractivity contribution in [2.24, 2.45) is 5.73 Å². The summed E-state index contributed by atoms with van der Waals surface area (Å²) in [5, 5.41) is 5.76. The third-order valence-corrected chi connectivity index (χ3v) is 4.18. The van der Waals surface area contributed by atoms with E-state index in [1.54, 1.807) is 12.1 Å². The van der Waals surface area contributed by atoms with Gasteiger partial charge in [-0.25, -0.2) is 4.98 Å². The molecule has 3 aromatic rings. The maximum absolute atomic E-state index is 13.2. The van der Waals surface area contributed by atoms with Gasteiger partial charge in [0.1, 0.15) is 0 Å². The largest absolute Gasteiger partial charge is 0.435 e. The molecule has 24 heavy (non-hydrogen) atoms. The van der Waals surface area contributed by atoms with Crippen LogP contribution in [0.4, 0.5) is 13.2 Å². The zero-order chi connectivity index (χ0) is 17.3.